The van der Waals surface area contributed by atoms with Gasteiger partial charge in [0, 0.05) is 11.0 Å². The van der Waals surface area contributed by atoms with Gasteiger partial charge in [0.15, 0.2) is 21.1 Å². The minimum atomic E-state index is -3.94. The molecule has 0 saturated carbocycles. The Labute approximate surface area is 204 Å². The number of benzene rings is 2. The monoisotopic (exact) mass is 536 g/mol. The van der Waals surface area contributed by atoms with E-state index in [0.717, 1.165) is 37.9 Å². The third-order valence-electron chi connectivity index (χ3n) is 5.01. The highest BCUT2D eigenvalue weighted by Crippen LogP contribution is 2.24. The maximum Gasteiger partial charge on any atom is 0.257 e. The molecule has 0 fully saturated rings. The van der Waals surface area contributed by atoms with Crippen LogP contribution in [-0.2, 0) is 14.6 Å². The lowest BCUT2D eigenvalue weighted by atomic mass is 10.1. The van der Waals surface area contributed by atoms with Gasteiger partial charge in [-0.1, -0.05) is 34.8 Å². The van der Waals surface area contributed by atoms with Crippen LogP contribution in [0.3, 0.4) is 0 Å². The van der Waals surface area contributed by atoms with E-state index >= 15 is 0 Å². The van der Waals surface area contributed by atoms with E-state index in [1.165, 1.54) is 18.2 Å². The second kappa shape index (κ2) is 12.2. The molecule has 0 spiro atoms. The van der Waals surface area contributed by atoms with Crippen LogP contribution in [-0.4, -0.2) is 42.7 Å². The Balaban J connectivity index is 1.97. The molecule has 0 bridgehead atoms. The van der Waals surface area contributed by atoms with Gasteiger partial charge in [0.25, 0.3) is 5.91 Å². The molecule has 0 heterocycles. The number of aliphatic hydroxyl groups is 1. The first kappa shape index (κ1) is 26.8. The molecule has 0 aromatic heterocycles. The molecule has 2 aromatic rings. The summed E-state index contributed by atoms with van der Waals surface area (Å²) in [5.74, 6) is -1.06. The fourth-order valence-electron chi connectivity index (χ4n) is 3.13. The Kier molecular flexibility index (Phi) is 9.89. The van der Waals surface area contributed by atoms with Crippen molar-refractivity contribution >= 4 is 43.0 Å². The molecule has 1 amide bonds. The SMILES string of the molecule is [C-]#[N+]c1ccc(NC(=O)[C@](C)(O)CS(=O)(=O)c2ccc(OCCCCCCBr)cc2)cc1C. The van der Waals surface area contributed by atoms with Crippen LogP contribution >= 0.6 is 15.9 Å². The highest BCUT2D eigenvalue weighted by molar-refractivity contribution is 9.09. The first-order valence-corrected chi connectivity index (χ1v) is 13.4. The fourth-order valence-corrected chi connectivity index (χ4v) is 5.11. The molecule has 2 N–H and O–H groups in total. The maximum absolute atomic E-state index is 12.8. The number of hydrogen-bond acceptors (Lipinski definition) is 5. The highest BCUT2D eigenvalue weighted by atomic mass is 79.9. The number of carbonyl (C=O) groups excluding carboxylic acids is 1. The van der Waals surface area contributed by atoms with Gasteiger partial charge in [-0.3, -0.25) is 4.79 Å². The van der Waals surface area contributed by atoms with Gasteiger partial charge in [0.05, 0.1) is 23.8 Å². The van der Waals surface area contributed by atoms with Crippen LogP contribution in [0.5, 0.6) is 5.75 Å². The Bertz CT molecular complexity index is 1090. The van der Waals surface area contributed by atoms with Crippen LogP contribution in [0.15, 0.2) is 47.4 Å². The van der Waals surface area contributed by atoms with Crippen LogP contribution in [0.2, 0.25) is 0 Å². The van der Waals surface area contributed by atoms with Crippen molar-refractivity contribution in [3.63, 3.8) is 0 Å². The lowest BCUT2D eigenvalue weighted by molar-refractivity contribution is -0.130. The predicted molar refractivity (Wildman–Crippen MR) is 133 cm³/mol. The molecule has 1 atom stereocenters. The molecule has 9 heteroatoms. The minimum absolute atomic E-state index is 0.00231. The standard InChI is InChI=1S/C24H29BrN2O5S/c1-18-16-19(8-13-22(18)26-3)27-23(28)24(2,29)17-33(30,31)21-11-9-20(10-12-21)32-15-7-5-4-6-14-25/h8-13,16,29H,4-7,14-15,17H2,1-2H3,(H,27,28)/t24-/m1/s1. The van der Waals surface area contributed by atoms with Crippen molar-refractivity contribution in [2.45, 2.75) is 50.0 Å². The summed E-state index contributed by atoms with van der Waals surface area (Å²) in [6.45, 7) is 10.5. The van der Waals surface area contributed by atoms with Crippen molar-refractivity contribution in [1.82, 2.24) is 0 Å². The van der Waals surface area contributed by atoms with Crippen molar-refractivity contribution in [3.05, 3.63) is 59.4 Å². The fraction of sp³-hybridized carbons (Fsp3) is 0.417. The van der Waals surface area contributed by atoms with E-state index in [2.05, 4.69) is 26.1 Å². The molecule has 0 radical (unpaired) electrons. The van der Waals surface area contributed by atoms with Crippen LogP contribution < -0.4 is 10.1 Å². The number of carbonyl (C=O) groups is 1. The van der Waals surface area contributed by atoms with Crippen molar-refractivity contribution in [2.75, 3.05) is 23.0 Å². The molecule has 33 heavy (non-hydrogen) atoms. The molecule has 7 nitrogen and oxygen atoms in total. The molecule has 0 aliphatic carbocycles. The molecule has 0 saturated heterocycles. The summed E-state index contributed by atoms with van der Waals surface area (Å²) < 4.78 is 31.2. The van der Waals surface area contributed by atoms with Crippen LogP contribution in [0, 0.1) is 13.5 Å². The molecule has 0 aliphatic heterocycles. The summed E-state index contributed by atoms with van der Waals surface area (Å²) in [5.41, 5.74) is -0.674. The van der Waals surface area contributed by atoms with E-state index < -0.39 is 27.1 Å². The summed E-state index contributed by atoms with van der Waals surface area (Å²) in [7, 11) is -3.94. The number of sulfone groups is 1. The molecular formula is C24H29BrN2O5S. The number of hydrogen-bond donors (Lipinski definition) is 2. The normalized spacial score (nSPS) is 13.1. The Morgan fingerprint density at radius 2 is 1.82 bits per heavy atom. The van der Waals surface area contributed by atoms with E-state index in [1.807, 2.05) is 0 Å². The second-order valence-corrected chi connectivity index (χ2v) is 10.8. The number of anilines is 1. The number of rotatable bonds is 12. The Morgan fingerprint density at radius 1 is 1.15 bits per heavy atom. The molecule has 0 unspecified atom stereocenters. The van der Waals surface area contributed by atoms with Gasteiger partial charge in [-0.15, -0.1) is 0 Å². The third kappa shape index (κ3) is 8.14. The Morgan fingerprint density at radius 3 is 2.42 bits per heavy atom. The van der Waals surface area contributed by atoms with E-state index in [0.29, 0.717) is 29.3 Å². The number of unbranched alkanes of at least 4 members (excludes halogenated alkanes) is 3. The van der Waals surface area contributed by atoms with Gasteiger partial charge in [0.1, 0.15) is 5.75 Å². The minimum Gasteiger partial charge on any atom is -0.494 e. The largest absolute Gasteiger partial charge is 0.494 e. The number of alkyl halides is 1. The maximum atomic E-state index is 12.8. The van der Waals surface area contributed by atoms with E-state index in [4.69, 9.17) is 11.3 Å². The van der Waals surface area contributed by atoms with Gasteiger partial charge in [-0.2, -0.15) is 0 Å². The molecule has 2 rings (SSSR count). The molecule has 2 aromatic carbocycles. The quantitative estimate of drug-likeness (QED) is 0.225. The number of nitrogens with zero attached hydrogens (tertiary/aromatic N) is 1. The number of ether oxygens (including phenoxy) is 1. The summed E-state index contributed by atoms with van der Waals surface area (Å²) in [4.78, 5) is 15.9. The van der Waals surface area contributed by atoms with Gasteiger partial charge in [-0.05, 0) is 68.7 Å². The van der Waals surface area contributed by atoms with Crippen molar-refractivity contribution in [2.24, 2.45) is 0 Å². The Hall–Kier alpha value is -2.41. The first-order valence-electron chi connectivity index (χ1n) is 10.6. The van der Waals surface area contributed by atoms with Gasteiger partial charge in [-0.25, -0.2) is 13.3 Å². The van der Waals surface area contributed by atoms with Crippen LogP contribution in [0.1, 0.15) is 38.2 Å². The average molecular weight is 537 g/mol. The summed E-state index contributed by atoms with van der Waals surface area (Å²) in [6.07, 6.45) is 4.25. The van der Waals surface area contributed by atoms with Gasteiger partial charge in [0.2, 0.25) is 0 Å². The predicted octanol–water partition coefficient (Wildman–Crippen LogP) is 5.04. The lowest BCUT2D eigenvalue weighted by Gasteiger charge is -2.22. The van der Waals surface area contributed by atoms with Crippen LogP contribution in [0.4, 0.5) is 11.4 Å². The zero-order valence-electron chi connectivity index (χ0n) is 18.8. The van der Waals surface area contributed by atoms with Gasteiger partial charge >= 0.3 is 0 Å². The number of nitrogens with one attached hydrogen (secondary N) is 1. The lowest BCUT2D eigenvalue weighted by Crippen LogP contribution is -2.45. The van der Waals surface area contributed by atoms with Crippen LogP contribution in [0.25, 0.3) is 4.85 Å². The number of amides is 1. The van der Waals surface area contributed by atoms with Crippen molar-refractivity contribution in [3.8, 4) is 5.75 Å². The zero-order valence-corrected chi connectivity index (χ0v) is 21.2. The zero-order chi connectivity index (χ0) is 24.5. The number of aryl methyl sites for hydroxylation is 1. The van der Waals surface area contributed by atoms with Crippen molar-refractivity contribution in [1.29, 1.82) is 0 Å². The van der Waals surface area contributed by atoms with E-state index in [-0.39, 0.29) is 4.90 Å². The molecule has 0 aliphatic rings. The van der Waals surface area contributed by atoms with E-state index in [9.17, 15) is 18.3 Å². The summed E-state index contributed by atoms with van der Waals surface area (Å²) in [6, 6.07) is 10.6. The van der Waals surface area contributed by atoms with E-state index in [1.54, 1.807) is 31.2 Å². The first-order chi connectivity index (χ1) is 15.6. The third-order valence-corrected chi connectivity index (χ3v) is 7.51. The smallest absolute Gasteiger partial charge is 0.257 e. The number of halogens is 1. The summed E-state index contributed by atoms with van der Waals surface area (Å²) >= 11 is 3.40. The molecular weight excluding hydrogens is 508 g/mol. The highest BCUT2D eigenvalue weighted by Gasteiger charge is 2.36. The van der Waals surface area contributed by atoms with Gasteiger partial charge < -0.3 is 15.2 Å². The second-order valence-electron chi connectivity index (χ2n) is 8.02. The topological polar surface area (TPSA) is 97.1 Å². The average Bonchev–Trinajstić information content (AvgIpc) is 2.76. The van der Waals surface area contributed by atoms with Crippen molar-refractivity contribution < 1.29 is 23.1 Å². The molecule has 178 valence electrons. The summed E-state index contributed by atoms with van der Waals surface area (Å²) in [5, 5.41) is 14.1.